The zero-order chi connectivity index (χ0) is 20.8. The highest BCUT2D eigenvalue weighted by Crippen LogP contribution is 2.63. The number of hydrogen-bond acceptors (Lipinski definition) is 5. The molecule has 29 heavy (non-hydrogen) atoms. The first-order valence-corrected chi connectivity index (χ1v) is 10.7. The van der Waals surface area contributed by atoms with Crippen LogP contribution in [0.15, 0.2) is 23.2 Å². The number of benzene rings is 1. The van der Waals surface area contributed by atoms with Crippen LogP contribution in [0.2, 0.25) is 0 Å². The molecule has 1 amide bonds. The number of amides is 1. The Balaban J connectivity index is 1.85. The third kappa shape index (κ3) is 2.86. The molecule has 1 aliphatic heterocycles. The Morgan fingerprint density at radius 1 is 1.34 bits per heavy atom. The zero-order valence-corrected chi connectivity index (χ0v) is 17.6. The highest BCUT2D eigenvalue weighted by Gasteiger charge is 2.67. The van der Waals surface area contributed by atoms with E-state index in [0.29, 0.717) is 37.2 Å². The maximum atomic E-state index is 14.0. The number of nitrogens with two attached hydrogens (primary N) is 1. The number of nitrogens with zero attached hydrogens (tertiary/aromatic N) is 3. The Hall–Kier alpha value is -2.39. The number of hydrogen-bond donors (Lipinski definition) is 1. The number of aliphatic imine (C=N–C) groups is 1. The van der Waals surface area contributed by atoms with Gasteiger partial charge in [-0.1, -0.05) is 19.9 Å². The van der Waals surface area contributed by atoms with Crippen LogP contribution in [0.25, 0.3) is 0 Å². The molecule has 0 saturated heterocycles. The van der Waals surface area contributed by atoms with Crippen LogP contribution in [0.4, 0.5) is 0 Å². The summed E-state index contributed by atoms with van der Waals surface area (Å²) in [6.07, 6.45) is 3.86. The van der Waals surface area contributed by atoms with Crippen LogP contribution >= 0.6 is 0 Å². The highest BCUT2D eigenvalue weighted by atomic mass is 16.5. The second-order valence-electron chi connectivity index (χ2n) is 9.13. The van der Waals surface area contributed by atoms with Crippen molar-refractivity contribution in [2.24, 2.45) is 28.0 Å². The number of fused-ring (bicyclic) bond motifs is 3. The summed E-state index contributed by atoms with van der Waals surface area (Å²) in [5.41, 5.74) is 7.59. The SMILES string of the molecule is CCOCCN1C(=O)[C@]2(N=C1N)c1cc(C#N)ccc1C[C@]21C[C@H](C)C[C@H](C)C1. The van der Waals surface area contributed by atoms with E-state index in [2.05, 4.69) is 19.9 Å². The van der Waals surface area contributed by atoms with Gasteiger partial charge in [0.1, 0.15) is 0 Å². The first kappa shape index (κ1) is 19.9. The van der Waals surface area contributed by atoms with Crippen molar-refractivity contribution in [3.05, 3.63) is 34.9 Å². The Labute approximate surface area is 172 Å². The first-order chi connectivity index (χ1) is 13.9. The van der Waals surface area contributed by atoms with Crippen LogP contribution in [0.5, 0.6) is 0 Å². The molecule has 1 saturated carbocycles. The molecule has 6 heteroatoms. The molecule has 1 fully saturated rings. The number of carbonyl (C=O) groups excluding carboxylic acids is 1. The third-order valence-corrected chi connectivity index (χ3v) is 6.99. The van der Waals surface area contributed by atoms with Crippen LogP contribution in [0.3, 0.4) is 0 Å². The smallest absolute Gasteiger partial charge is 0.262 e. The largest absolute Gasteiger partial charge is 0.380 e. The van der Waals surface area contributed by atoms with E-state index in [9.17, 15) is 10.1 Å². The second-order valence-corrected chi connectivity index (χ2v) is 9.13. The molecule has 3 aliphatic rings. The van der Waals surface area contributed by atoms with Gasteiger partial charge in [0.25, 0.3) is 5.91 Å². The minimum absolute atomic E-state index is 0.0511. The van der Waals surface area contributed by atoms with E-state index in [1.165, 1.54) is 6.42 Å². The predicted octanol–water partition coefficient (Wildman–Crippen LogP) is 2.95. The van der Waals surface area contributed by atoms with Crippen molar-refractivity contribution in [3.63, 3.8) is 0 Å². The lowest BCUT2D eigenvalue weighted by Gasteiger charge is -2.47. The van der Waals surface area contributed by atoms with Crippen molar-refractivity contribution in [1.29, 1.82) is 5.26 Å². The molecule has 2 spiro atoms. The molecule has 6 nitrogen and oxygen atoms in total. The van der Waals surface area contributed by atoms with Crippen LogP contribution in [0.1, 0.15) is 56.7 Å². The van der Waals surface area contributed by atoms with Crippen molar-refractivity contribution >= 4 is 11.9 Å². The van der Waals surface area contributed by atoms with E-state index in [1.807, 2.05) is 25.1 Å². The normalized spacial score (nSPS) is 33.2. The summed E-state index contributed by atoms with van der Waals surface area (Å²) in [5.74, 6) is 1.25. The summed E-state index contributed by atoms with van der Waals surface area (Å²) in [4.78, 5) is 20.5. The van der Waals surface area contributed by atoms with E-state index in [-0.39, 0.29) is 17.3 Å². The number of guanidine groups is 1. The van der Waals surface area contributed by atoms with E-state index >= 15 is 0 Å². The molecule has 1 heterocycles. The van der Waals surface area contributed by atoms with Crippen molar-refractivity contribution in [2.45, 2.75) is 52.0 Å². The summed E-state index contributed by atoms with van der Waals surface area (Å²) < 4.78 is 5.47. The van der Waals surface area contributed by atoms with Gasteiger partial charge in [-0.3, -0.25) is 9.69 Å². The van der Waals surface area contributed by atoms with Crippen LogP contribution in [0, 0.1) is 28.6 Å². The molecule has 1 aromatic rings. The number of nitriles is 1. The lowest BCUT2D eigenvalue weighted by molar-refractivity contribution is -0.138. The fourth-order valence-corrected chi connectivity index (χ4v) is 6.24. The molecular formula is C23H30N4O2. The van der Waals surface area contributed by atoms with Gasteiger partial charge in [-0.2, -0.15) is 5.26 Å². The molecule has 0 unspecified atom stereocenters. The lowest BCUT2D eigenvalue weighted by Crippen LogP contribution is -2.53. The van der Waals surface area contributed by atoms with Gasteiger partial charge in [0.2, 0.25) is 0 Å². The van der Waals surface area contributed by atoms with Gasteiger partial charge < -0.3 is 10.5 Å². The second kappa shape index (κ2) is 7.14. The van der Waals surface area contributed by atoms with Gasteiger partial charge in [-0.25, -0.2) is 4.99 Å². The van der Waals surface area contributed by atoms with E-state index < -0.39 is 5.54 Å². The van der Waals surface area contributed by atoms with Crippen molar-refractivity contribution < 1.29 is 9.53 Å². The monoisotopic (exact) mass is 394 g/mol. The van der Waals surface area contributed by atoms with Crippen LogP contribution in [-0.4, -0.2) is 36.5 Å². The summed E-state index contributed by atoms with van der Waals surface area (Å²) >= 11 is 0. The molecule has 0 radical (unpaired) electrons. The molecule has 0 bridgehead atoms. The zero-order valence-electron chi connectivity index (χ0n) is 17.6. The highest BCUT2D eigenvalue weighted by molar-refractivity contribution is 6.08. The van der Waals surface area contributed by atoms with E-state index in [0.717, 1.165) is 30.4 Å². The molecule has 2 N–H and O–H groups in total. The minimum Gasteiger partial charge on any atom is -0.380 e. The van der Waals surface area contributed by atoms with Crippen molar-refractivity contribution in [1.82, 2.24) is 4.90 Å². The van der Waals surface area contributed by atoms with Gasteiger partial charge in [0.15, 0.2) is 11.5 Å². The number of carbonyl (C=O) groups is 1. The van der Waals surface area contributed by atoms with Gasteiger partial charge in [0.05, 0.1) is 24.8 Å². The van der Waals surface area contributed by atoms with Gasteiger partial charge in [-0.05, 0) is 67.7 Å². The summed E-state index contributed by atoms with van der Waals surface area (Å²) in [6.45, 7) is 7.90. The summed E-state index contributed by atoms with van der Waals surface area (Å²) in [6, 6.07) is 7.95. The molecule has 1 aromatic carbocycles. The third-order valence-electron chi connectivity index (χ3n) is 6.99. The average Bonchev–Trinajstić information content (AvgIpc) is 3.07. The maximum Gasteiger partial charge on any atom is 0.262 e. The lowest BCUT2D eigenvalue weighted by atomic mass is 9.57. The molecule has 0 aromatic heterocycles. The number of rotatable bonds is 4. The van der Waals surface area contributed by atoms with Crippen LogP contribution < -0.4 is 5.73 Å². The Morgan fingerprint density at radius 2 is 2.07 bits per heavy atom. The van der Waals surface area contributed by atoms with E-state index in [1.54, 1.807) is 4.90 Å². The van der Waals surface area contributed by atoms with E-state index in [4.69, 9.17) is 15.5 Å². The quantitative estimate of drug-likeness (QED) is 0.795. The Kier molecular flexibility index (Phi) is 4.90. The van der Waals surface area contributed by atoms with Crippen LogP contribution in [-0.2, 0) is 21.5 Å². The Morgan fingerprint density at radius 3 is 2.72 bits per heavy atom. The molecule has 4 rings (SSSR count). The first-order valence-electron chi connectivity index (χ1n) is 10.7. The van der Waals surface area contributed by atoms with Crippen molar-refractivity contribution in [3.8, 4) is 6.07 Å². The predicted molar refractivity (Wildman–Crippen MR) is 111 cm³/mol. The molecule has 154 valence electrons. The molecular weight excluding hydrogens is 364 g/mol. The standard InChI is InChI=1S/C23H30N4O2/c1-4-29-8-7-27-20(28)23(26-21(27)25)19-10-17(14-24)5-6-18(19)13-22(23)11-15(2)9-16(3)12-22/h5-6,10,15-16H,4,7-9,11-13H2,1-3H3,(H2,25,26)/t15-,16+,22-,23-/m1/s1. The maximum absolute atomic E-state index is 14.0. The van der Waals surface area contributed by atoms with Crippen molar-refractivity contribution in [2.75, 3.05) is 19.8 Å². The van der Waals surface area contributed by atoms with Gasteiger partial charge in [-0.15, -0.1) is 0 Å². The fourth-order valence-electron chi connectivity index (χ4n) is 6.24. The topological polar surface area (TPSA) is 91.7 Å². The average molecular weight is 395 g/mol. The Bertz CT molecular complexity index is 893. The fraction of sp³-hybridized carbons (Fsp3) is 0.609. The molecule has 2 aliphatic carbocycles. The summed E-state index contributed by atoms with van der Waals surface area (Å²) in [5, 5.41) is 9.48. The number of ether oxygens (including phenoxy) is 1. The van der Waals surface area contributed by atoms with Gasteiger partial charge in [0, 0.05) is 12.0 Å². The minimum atomic E-state index is -1.02. The van der Waals surface area contributed by atoms with Gasteiger partial charge >= 0.3 is 0 Å². The molecule has 4 atom stereocenters. The summed E-state index contributed by atoms with van der Waals surface area (Å²) in [7, 11) is 0.